The van der Waals surface area contributed by atoms with Crippen molar-refractivity contribution in [1.29, 1.82) is 0 Å². The number of aryl methyl sites for hydroxylation is 1. The Kier molecular flexibility index (Phi) is 8.08. The quantitative estimate of drug-likeness (QED) is 0.159. The number of thiophene rings is 1. The van der Waals surface area contributed by atoms with Crippen LogP contribution in [0.2, 0.25) is 0 Å². The Bertz CT molecular complexity index is 4230. The molecule has 1 aromatic heterocycles. The van der Waals surface area contributed by atoms with E-state index in [1.54, 1.807) is 0 Å². The van der Waals surface area contributed by atoms with Crippen LogP contribution in [0.15, 0.2) is 224 Å². The van der Waals surface area contributed by atoms with Gasteiger partial charge in [0.05, 0.1) is 16.5 Å². The maximum Gasteiger partial charge on any atom is 0.264 e. The number of fused-ring (bicyclic) bond motifs is 25. The fourth-order valence-electron chi connectivity index (χ4n) is 15.1. The first-order valence-corrected chi connectivity index (χ1v) is 27.4. The maximum absolute atomic E-state index is 2.66. The number of anilines is 6. The lowest BCUT2D eigenvalue weighted by Gasteiger charge is -2.44. The maximum atomic E-state index is 2.66. The van der Waals surface area contributed by atoms with Crippen LogP contribution in [0.3, 0.4) is 0 Å². The van der Waals surface area contributed by atoms with Gasteiger partial charge >= 0.3 is 0 Å². The molecule has 3 heterocycles. The third kappa shape index (κ3) is 5.03. The van der Waals surface area contributed by atoms with E-state index in [1.165, 1.54) is 144 Å². The van der Waals surface area contributed by atoms with Crippen molar-refractivity contribution in [3.05, 3.63) is 279 Å². The number of rotatable bonds is 2. The molecule has 0 fully saturated rings. The average molecular weight is 973 g/mol. The van der Waals surface area contributed by atoms with Gasteiger partial charge in [0.25, 0.3) is 6.71 Å². The van der Waals surface area contributed by atoms with Crippen molar-refractivity contribution < 1.29 is 0 Å². The van der Waals surface area contributed by atoms with Gasteiger partial charge in [0.1, 0.15) is 0 Å². The van der Waals surface area contributed by atoms with Crippen LogP contribution in [0.25, 0.3) is 44.5 Å². The van der Waals surface area contributed by atoms with Crippen molar-refractivity contribution in [3.63, 3.8) is 0 Å². The highest BCUT2D eigenvalue weighted by molar-refractivity contribution is 7.30. The van der Waals surface area contributed by atoms with E-state index in [4.69, 9.17) is 0 Å². The van der Waals surface area contributed by atoms with Crippen molar-refractivity contribution in [2.45, 2.75) is 43.9 Å². The van der Waals surface area contributed by atoms with Crippen LogP contribution in [-0.4, -0.2) is 6.71 Å². The molecule has 4 heteroatoms. The highest BCUT2D eigenvalue weighted by Gasteiger charge is 2.58. The van der Waals surface area contributed by atoms with Crippen LogP contribution in [-0.2, 0) is 16.2 Å². The molecule has 0 radical (unpaired) electrons. The monoisotopic (exact) mass is 972 g/mol. The van der Waals surface area contributed by atoms with Gasteiger partial charge in [0.2, 0.25) is 0 Å². The minimum atomic E-state index is -0.505. The predicted molar refractivity (Wildman–Crippen MR) is 314 cm³/mol. The molecule has 0 atom stereocenters. The molecular formula is C71H49BN2S. The summed E-state index contributed by atoms with van der Waals surface area (Å²) in [6.07, 6.45) is 0. The zero-order valence-corrected chi connectivity index (χ0v) is 43.1. The molecular weight excluding hydrogens is 924 g/mol. The smallest absolute Gasteiger partial charge is 0.264 e. The summed E-state index contributed by atoms with van der Waals surface area (Å²) in [5, 5.41) is 0. The lowest BCUT2D eigenvalue weighted by Crippen LogP contribution is -2.60. The highest BCUT2D eigenvalue weighted by atomic mass is 32.1. The molecule has 4 aliphatic carbocycles. The van der Waals surface area contributed by atoms with Crippen LogP contribution in [0.1, 0.15) is 75.7 Å². The van der Waals surface area contributed by atoms with Gasteiger partial charge in [-0.1, -0.05) is 208 Å². The topological polar surface area (TPSA) is 6.48 Å². The third-order valence-electron chi connectivity index (χ3n) is 18.1. The molecule has 352 valence electrons. The molecule has 17 rings (SSSR count). The number of benzene rings is 10. The molecule has 0 N–H and O–H groups in total. The molecule has 0 amide bonds. The van der Waals surface area contributed by atoms with E-state index in [-0.39, 0.29) is 12.1 Å². The molecule has 0 saturated heterocycles. The molecule has 0 unspecified atom stereocenters. The summed E-state index contributed by atoms with van der Waals surface area (Å²) in [4.78, 5) is 6.68. The van der Waals surface area contributed by atoms with Gasteiger partial charge in [0.15, 0.2) is 0 Å². The fraction of sp³-hybridized carbons (Fsp3) is 0.0986. The lowest BCUT2D eigenvalue weighted by atomic mass is 9.36. The van der Waals surface area contributed by atoms with E-state index in [2.05, 4.69) is 273 Å². The Morgan fingerprint density at radius 3 is 1.47 bits per heavy atom. The van der Waals surface area contributed by atoms with Gasteiger partial charge in [-0.25, -0.2) is 0 Å². The largest absolute Gasteiger partial charge is 0.311 e. The second-order valence-corrected chi connectivity index (χ2v) is 23.8. The Hall–Kier alpha value is -8.44. The minimum absolute atomic E-state index is 0.0386. The van der Waals surface area contributed by atoms with Crippen molar-refractivity contribution in [3.8, 4) is 44.5 Å². The number of hydrogen-bond acceptors (Lipinski definition) is 3. The van der Waals surface area contributed by atoms with Gasteiger partial charge in [-0.2, -0.15) is 0 Å². The highest BCUT2D eigenvalue weighted by Crippen LogP contribution is 2.68. The lowest BCUT2D eigenvalue weighted by molar-refractivity contribution is 0.588. The molecule has 10 aromatic carbocycles. The van der Waals surface area contributed by atoms with Gasteiger partial charge < -0.3 is 9.80 Å². The van der Waals surface area contributed by atoms with Crippen molar-refractivity contribution in [2.75, 3.05) is 9.80 Å². The standard InChI is InChI=1S/C71H49BN2S/c1-42-33-36-45(37-34-42)74-62-32-18-31-61-65(62)72(68-66(74)64-51-38-35-43(69(2,3)4)39-58(51)71(67(64)75-68)56-29-16-10-23-48(56)49-24-11-17-30-57(49)71)60-40-52-50-25-12-15-28-55(50)70(59(52)41-63(60)73(61)44-19-6-5-7-20-44)53-26-13-8-21-46(53)47-22-9-14-27-54(47)70/h5-41H,1-4H3. The van der Waals surface area contributed by atoms with Gasteiger partial charge in [-0.15, -0.1) is 11.3 Å². The predicted octanol–water partition coefficient (Wildman–Crippen LogP) is 16.1. The van der Waals surface area contributed by atoms with E-state index in [9.17, 15) is 0 Å². The van der Waals surface area contributed by atoms with E-state index in [0.29, 0.717) is 0 Å². The van der Waals surface area contributed by atoms with Crippen LogP contribution in [0.5, 0.6) is 0 Å². The summed E-state index contributed by atoms with van der Waals surface area (Å²) in [7, 11) is 0. The summed E-state index contributed by atoms with van der Waals surface area (Å²) in [5.41, 5.74) is 31.9. The second-order valence-electron chi connectivity index (χ2n) is 22.7. The van der Waals surface area contributed by atoms with Crippen LogP contribution in [0, 0.1) is 6.92 Å². The van der Waals surface area contributed by atoms with E-state index < -0.39 is 10.8 Å². The molecule has 11 aromatic rings. The number of para-hydroxylation sites is 1. The van der Waals surface area contributed by atoms with Gasteiger partial charge in [0, 0.05) is 43.7 Å². The summed E-state index contributed by atoms with van der Waals surface area (Å²) in [6.45, 7) is 9.22. The first kappa shape index (κ1) is 42.0. The van der Waals surface area contributed by atoms with Crippen LogP contribution < -0.4 is 25.5 Å². The fourth-order valence-corrected chi connectivity index (χ4v) is 16.8. The first-order valence-electron chi connectivity index (χ1n) is 26.6. The second kappa shape index (κ2) is 14.4. The van der Waals surface area contributed by atoms with Gasteiger partial charge in [-0.3, -0.25) is 0 Å². The summed E-state index contributed by atoms with van der Waals surface area (Å²) in [5.74, 6) is 0. The zero-order chi connectivity index (χ0) is 49.7. The molecule has 2 aliphatic heterocycles. The van der Waals surface area contributed by atoms with Crippen molar-refractivity contribution in [2.24, 2.45) is 0 Å². The Labute approximate surface area is 443 Å². The zero-order valence-electron chi connectivity index (χ0n) is 42.2. The summed E-state index contributed by atoms with van der Waals surface area (Å²) < 4.78 is 1.40. The minimum Gasteiger partial charge on any atom is -0.311 e. The number of hydrogen-bond donors (Lipinski definition) is 0. The van der Waals surface area contributed by atoms with Crippen molar-refractivity contribution >= 4 is 67.9 Å². The Morgan fingerprint density at radius 1 is 0.400 bits per heavy atom. The van der Waals surface area contributed by atoms with E-state index in [0.717, 1.165) is 5.69 Å². The van der Waals surface area contributed by atoms with E-state index >= 15 is 0 Å². The molecule has 75 heavy (non-hydrogen) atoms. The van der Waals surface area contributed by atoms with Crippen molar-refractivity contribution in [1.82, 2.24) is 0 Å². The molecule has 0 saturated carbocycles. The average Bonchev–Trinajstić information content (AvgIpc) is 4.28. The van der Waals surface area contributed by atoms with Crippen LogP contribution >= 0.6 is 11.3 Å². The molecule has 6 aliphatic rings. The summed E-state index contributed by atoms with van der Waals surface area (Å²) in [6, 6.07) is 86.6. The Balaban J connectivity index is 1.03. The van der Waals surface area contributed by atoms with Crippen LogP contribution in [0.4, 0.5) is 34.1 Å². The molecule has 0 bridgehead atoms. The van der Waals surface area contributed by atoms with E-state index in [1.807, 2.05) is 0 Å². The molecule has 2 spiro atoms. The summed E-state index contributed by atoms with van der Waals surface area (Å²) >= 11 is 2.08. The van der Waals surface area contributed by atoms with Gasteiger partial charge in [-0.05, 0) is 149 Å². The molecule has 2 nitrogen and oxygen atoms in total. The SMILES string of the molecule is Cc1ccc(N2c3cccc4c3B(c3cc5c(cc3N4c3ccccc3)C3(c4ccccc4-c4ccccc43)c3ccccc3-5)c3sc4c(c32)-c2ccc(C(C)(C)C)cc2C42c3ccccc3-c3ccccc32)cc1. The third-order valence-corrected chi connectivity index (χ3v) is 19.4. The normalized spacial score (nSPS) is 15.3. The number of nitrogens with zero attached hydrogens (tertiary/aromatic N) is 2. The first-order chi connectivity index (χ1) is 36.8. The Morgan fingerprint density at radius 2 is 0.893 bits per heavy atom.